The number of ether oxygens (including phenoxy) is 1. The summed E-state index contributed by atoms with van der Waals surface area (Å²) in [5, 5.41) is 15.0. The van der Waals surface area contributed by atoms with Gasteiger partial charge in [0, 0.05) is 5.71 Å². The normalized spacial score (nSPS) is 16.7. The van der Waals surface area contributed by atoms with E-state index >= 15 is 0 Å². The van der Waals surface area contributed by atoms with E-state index in [4.69, 9.17) is 21.0 Å². The van der Waals surface area contributed by atoms with Crippen molar-refractivity contribution in [3.05, 3.63) is 35.6 Å². The fraction of sp³-hybridized carbons (Fsp3) is 0.500. The molecular formula is C22H31FN4O3. The first-order valence-corrected chi connectivity index (χ1v) is 10.3. The summed E-state index contributed by atoms with van der Waals surface area (Å²) in [4.78, 5) is 17.4. The quantitative estimate of drug-likeness (QED) is 0.242. The predicted molar refractivity (Wildman–Crippen MR) is 116 cm³/mol. The summed E-state index contributed by atoms with van der Waals surface area (Å²) in [5.41, 5.74) is 7.44. The molecule has 3 rings (SSSR count). The molecule has 1 aliphatic carbocycles. The number of rotatable bonds is 5. The zero-order valence-electron chi connectivity index (χ0n) is 17.6. The summed E-state index contributed by atoms with van der Waals surface area (Å²) >= 11 is 0. The Bertz CT molecular complexity index is 886. The third-order valence-corrected chi connectivity index (χ3v) is 5.47. The number of aromatic nitrogens is 2. The van der Waals surface area contributed by atoms with Crippen LogP contribution in [0.2, 0.25) is 0 Å². The largest absolute Gasteiger partial charge is 0.515 e. The van der Waals surface area contributed by atoms with E-state index in [-0.39, 0.29) is 23.1 Å². The molecule has 1 aromatic heterocycles. The second kappa shape index (κ2) is 11.4. The van der Waals surface area contributed by atoms with E-state index < -0.39 is 0 Å². The molecule has 1 atom stereocenters. The number of aliphatic hydroxyl groups is 1. The first kappa shape index (κ1) is 23.5. The van der Waals surface area contributed by atoms with Gasteiger partial charge in [-0.05, 0) is 37.8 Å². The molecule has 30 heavy (non-hydrogen) atoms. The van der Waals surface area contributed by atoms with E-state index in [1.54, 1.807) is 13.2 Å². The van der Waals surface area contributed by atoms with Crippen LogP contribution in [0, 0.1) is 17.1 Å². The van der Waals surface area contributed by atoms with Gasteiger partial charge in [0.25, 0.3) is 0 Å². The van der Waals surface area contributed by atoms with Crippen molar-refractivity contribution < 1.29 is 19.0 Å². The number of hydrogen-bond donors (Lipinski definition) is 4. The first-order chi connectivity index (χ1) is 14.4. The summed E-state index contributed by atoms with van der Waals surface area (Å²) in [6.07, 6.45) is 9.63. The molecule has 1 unspecified atom stereocenters. The van der Waals surface area contributed by atoms with Crippen LogP contribution in [0.4, 0.5) is 4.39 Å². The number of carbonyl (C=O) groups is 1. The summed E-state index contributed by atoms with van der Waals surface area (Å²) in [7, 11) is 1.57. The molecule has 0 amide bonds. The first-order valence-electron chi connectivity index (χ1n) is 10.3. The van der Waals surface area contributed by atoms with Gasteiger partial charge < -0.3 is 26.0 Å². The van der Waals surface area contributed by atoms with Crippen molar-refractivity contribution in [2.45, 2.75) is 57.9 Å². The van der Waals surface area contributed by atoms with Crippen molar-refractivity contribution in [2.75, 3.05) is 7.11 Å². The molecule has 164 valence electrons. The molecule has 1 aromatic carbocycles. The molecule has 0 saturated heterocycles. The lowest BCUT2D eigenvalue weighted by Crippen LogP contribution is -2.23. The maximum Gasteiger partial charge on any atom is 0.154 e. The van der Waals surface area contributed by atoms with Crippen LogP contribution in [0.5, 0.6) is 5.75 Å². The summed E-state index contributed by atoms with van der Waals surface area (Å²) in [6.45, 7) is 1.43. The summed E-state index contributed by atoms with van der Waals surface area (Å²) < 4.78 is 19.2. The van der Waals surface area contributed by atoms with Crippen LogP contribution in [-0.2, 0) is 4.79 Å². The van der Waals surface area contributed by atoms with E-state index in [9.17, 15) is 9.18 Å². The number of halogens is 1. The molecular weight excluding hydrogens is 387 g/mol. The van der Waals surface area contributed by atoms with E-state index in [1.807, 2.05) is 0 Å². The number of methoxy groups -OCH3 is 1. The van der Waals surface area contributed by atoms with Crippen LogP contribution >= 0.6 is 0 Å². The number of aromatic amines is 1. The van der Waals surface area contributed by atoms with Crippen LogP contribution < -0.4 is 10.5 Å². The van der Waals surface area contributed by atoms with Crippen molar-refractivity contribution in [3.63, 3.8) is 0 Å². The third-order valence-electron chi connectivity index (χ3n) is 5.47. The maximum atomic E-state index is 14.0. The van der Waals surface area contributed by atoms with Gasteiger partial charge in [-0.15, -0.1) is 0 Å². The standard InChI is InChI=1S/C17H24FN3O.C5H7NO2/c1-22-13-10-9-12(18)15-16(13)21-17(20-15)14(19)11-7-5-3-2-4-6-8-11;1-4(6)5(2-7)3-8/h9-11,14H,2-8,19H2,1H3,(H,20,21);2-3,6-7H,1H3/b;5-2-,6-4?. The molecule has 0 radical (unpaired) electrons. The van der Waals surface area contributed by atoms with Gasteiger partial charge >= 0.3 is 0 Å². The molecule has 0 spiro atoms. The maximum absolute atomic E-state index is 14.0. The summed E-state index contributed by atoms with van der Waals surface area (Å²) in [5.74, 6) is 1.34. The number of aldehydes is 1. The number of hydrogen-bond acceptors (Lipinski definition) is 6. The third kappa shape index (κ3) is 5.89. The number of nitrogens with one attached hydrogen (secondary N) is 2. The number of allylic oxidation sites excluding steroid dienone is 1. The highest BCUT2D eigenvalue weighted by Crippen LogP contribution is 2.33. The summed E-state index contributed by atoms with van der Waals surface area (Å²) in [6, 6.07) is 2.82. The SMILES string of the molecule is CC(=N)/C(C=O)=C\O.COc1ccc(F)c2nc(C(N)C3CCCCCCC3)[nH]c12. The van der Waals surface area contributed by atoms with Crippen molar-refractivity contribution in [3.8, 4) is 5.75 Å². The number of nitrogens with two attached hydrogens (primary N) is 1. The molecule has 1 heterocycles. The predicted octanol–water partition coefficient (Wildman–Crippen LogP) is 4.74. The number of nitrogens with zero attached hydrogens (tertiary/aromatic N) is 1. The Hall–Kier alpha value is -2.74. The molecule has 7 nitrogen and oxygen atoms in total. The average Bonchev–Trinajstić information content (AvgIpc) is 3.15. The average molecular weight is 419 g/mol. The van der Waals surface area contributed by atoms with E-state index in [1.165, 1.54) is 45.1 Å². The molecule has 1 saturated carbocycles. The van der Waals surface area contributed by atoms with Crippen LogP contribution in [0.25, 0.3) is 11.0 Å². The van der Waals surface area contributed by atoms with Gasteiger partial charge in [0.1, 0.15) is 22.6 Å². The topological polar surface area (TPSA) is 125 Å². The van der Waals surface area contributed by atoms with Crippen molar-refractivity contribution in [1.29, 1.82) is 5.41 Å². The van der Waals surface area contributed by atoms with Gasteiger partial charge in [0.15, 0.2) is 12.1 Å². The van der Waals surface area contributed by atoms with Crippen LogP contribution in [0.15, 0.2) is 24.0 Å². The fourth-order valence-corrected chi connectivity index (χ4v) is 3.67. The molecule has 8 heteroatoms. The minimum atomic E-state index is -0.344. The van der Waals surface area contributed by atoms with Crippen LogP contribution in [-0.4, -0.2) is 34.2 Å². The Kier molecular flexibility index (Phi) is 8.98. The van der Waals surface area contributed by atoms with Crippen molar-refractivity contribution in [2.24, 2.45) is 11.7 Å². The Morgan fingerprint density at radius 3 is 2.47 bits per heavy atom. The van der Waals surface area contributed by atoms with Gasteiger partial charge in [-0.25, -0.2) is 9.37 Å². The van der Waals surface area contributed by atoms with Gasteiger partial charge in [-0.2, -0.15) is 0 Å². The molecule has 5 N–H and O–H groups in total. The Morgan fingerprint density at radius 1 is 1.33 bits per heavy atom. The molecule has 0 bridgehead atoms. The highest BCUT2D eigenvalue weighted by Gasteiger charge is 2.24. The number of fused-ring (bicyclic) bond motifs is 1. The van der Waals surface area contributed by atoms with Gasteiger partial charge in [0.2, 0.25) is 0 Å². The molecule has 0 aliphatic heterocycles. The number of H-pyrrole nitrogens is 1. The molecule has 1 aliphatic rings. The number of benzene rings is 1. The van der Waals surface area contributed by atoms with E-state index in [0.717, 1.165) is 12.8 Å². The smallest absolute Gasteiger partial charge is 0.154 e. The molecule has 1 fully saturated rings. The van der Waals surface area contributed by atoms with Crippen LogP contribution in [0.3, 0.4) is 0 Å². The monoisotopic (exact) mass is 418 g/mol. The minimum Gasteiger partial charge on any atom is -0.515 e. The molecule has 2 aromatic rings. The van der Waals surface area contributed by atoms with Crippen molar-refractivity contribution >= 4 is 23.0 Å². The number of carbonyl (C=O) groups excluding carboxylic acids is 1. The van der Waals surface area contributed by atoms with E-state index in [0.29, 0.717) is 41.1 Å². The second-order valence-corrected chi connectivity index (χ2v) is 7.55. The van der Waals surface area contributed by atoms with Crippen molar-refractivity contribution in [1.82, 2.24) is 9.97 Å². The Balaban J connectivity index is 0.000000343. The highest BCUT2D eigenvalue weighted by atomic mass is 19.1. The zero-order valence-corrected chi connectivity index (χ0v) is 17.6. The van der Waals surface area contributed by atoms with E-state index in [2.05, 4.69) is 9.97 Å². The number of imidazole rings is 1. The van der Waals surface area contributed by atoms with Gasteiger partial charge in [-0.3, -0.25) is 4.79 Å². The number of aliphatic hydroxyl groups excluding tert-OH is 1. The van der Waals surface area contributed by atoms with Gasteiger partial charge in [-0.1, -0.05) is 32.1 Å². The Morgan fingerprint density at radius 2 is 1.97 bits per heavy atom. The van der Waals surface area contributed by atoms with Crippen LogP contribution in [0.1, 0.15) is 63.7 Å². The lowest BCUT2D eigenvalue weighted by molar-refractivity contribution is -0.104. The second-order valence-electron chi connectivity index (χ2n) is 7.55. The Labute approximate surface area is 176 Å². The lowest BCUT2D eigenvalue weighted by atomic mass is 9.86. The fourth-order valence-electron chi connectivity index (χ4n) is 3.67. The van der Waals surface area contributed by atoms with Gasteiger partial charge in [0.05, 0.1) is 25.0 Å². The zero-order chi connectivity index (χ0) is 22.1. The minimum absolute atomic E-state index is 0.0185. The highest BCUT2D eigenvalue weighted by molar-refractivity contribution is 6.11. The lowest BCUT2D eigenvalue weighted by Gasteiger charge is -2.24.